The van der Waals surface area contributed by atoms with Gasteiger partial charge in [-0.15, -0.1) is 0 Å². The van der Waals surface area contributed by atoms with E-state index in [0.717, 1.165) is 23.6 Å². The molecule has 0 radical (unpaired) electrons. The Labute approximate surface area is 143 Å². The Morgan fingerprint density at radius 3 is 2.33 bits per heavy atom. The number of rotatable bonds is 3. The van der Waals surface area contributed by atoms with Crippen molar-refractivity contribution in [3.05, 3.63) is 28.3 Å². The maximum absolute atomic E-state index is 11.0. The van der Waals surface area contributed by atoms with Gasteiger partial charge in [-0.25, -0.2) is 0 Å². The van der Waals surface area contributed by atoms with Crippen molar-refractivity contribution < 1.29 is 4.92 Å². The average Bonchev–Trinajstić information content (AvgIpc) is 2.35. The summed E-state index contributed by atoms with van der Waals surface area (Å²) in [7, 11) is 0. The van der Waals surface area contributed by atoms with E-state index in [9.17, 15) is 10.1 Å². The highest BCUT2D eigenvalue weighted by Crippen LogP contribution is 2.36. The molecule has 1 aliphatic heterocycles. The van der Waals surface area contributed by atoms with Gasteiger partial charge < -0.3 is 10.6 Å². The summed E-state index contributed by atoms with van der Waals surface area (Å²) in [5.41, 5.74) is 1.15. The van der Waals surface area contributed by atoms with Crippen LogP contribution < -0.4 is 10.6 Å². The minimum absolute atomic E-state index is 0.0762. The van der Waals surface area contributed by atoms with Crippen LogP contribution >= 0.6 is 0 Å². The first-order chi connectivity index (χ1) is 10.8. The molecule has 2 rings (SSSR count). The molecule has 1 aromatic rings. The normalized spacial score (nSPS) is 18.5. The van der Waals surface area contributed by atoms with Gasteiger partial charge in [0.1, 0.15) is 5.84 Å². The van der Waals surface area contributed by atoms with Crippen molar-refractivity contribution in [2.45, 2.75) is 66.0 Å². The summed E-state index contributed by atoms with van der Waals surface area (Å²) in [6.07, 6.45) is 0.953. The predicted molar refractivity (Wildman–Crippen MR) is 100 cm³/mol. The number of fused-ring (bicyclic) bond motifs is 1. The molecule has 0 unspecified atom stereocenters. The van der Waals surface area contributed by atoms with Crippen molar-refractivity contribution in [2.75, 3.05) is 10.6 Å². The molecule has 6 nitrogen and oxygen atoms in total. The number of anilines is 2. The summed E-state index contributed by atoms with van der Waals surface area (Å²) in [6, 6.07) is 4.78. The Morgan fingerprint density at radius 1 is 1.17 bits per heavy atom. The number of aliphatic imine (C=N–C) groups is 1. The van der Waals surface area contributed by atoms with Gasteiger partial charge in [0.2, 0.25) is 0 Å². The minimum Gasteiger partial charge on any atom is -0.371 e. The molecular formula is C18H28N4O2. The molecule has 0 spiro atoms. The van der Waals surface area contributed by atoms with Crippen LogP contribution in [-0.4, -0.2) is 21.8 Å². The van der Waals surface area contributed by atoms with Crippen molar-refractivity contribution in [3.63, 3.8) is 0 Å². The number of benzene rings is 1. The van der Waals surface area contributed by atoms with E-state index in [4.69, 9.17) is 4.99 Å². The van der Waals surface area contributed by atoms with Crippen LogP contribution in [0.5, 0.6) is 0 Å². The van der Waals surface area contributed by atoms with E-state index < -0.39 is 5.54 Å². The highest BCUT2D eigenvalue weighted by molar-refractivity contribution is 6.09. The fourth-order valence-corrected chi connectivity index (χ4v) is 3.35. The lowest BCUT2D eigenvalue weighted by Gasteiger charge is -2.38. The monoisotopic (exact) mass is 332 g/mol. The summed E-state index contributed by atoms with van der Waals surface area (Å²) in [5.74, 6) is 0.845. The van der Waals surface area contributed by atoms with Gasteiger partial charge >= 0.3 is 0 Å². The van der Waals surface area contributed by atoms with Crippen LogP contribution in [0.15, 0.2) is 23.2 Å². The van der Waals surface area contributed by atoms with Crippen LogP contribution in [-0.2, 0) is 0 Å². The third-order valence-electron chi connectivity index (χ3n) is 3.88. The van der Waals surface area contributed by atoms with E-state index in [0.29, 0.717) is 0 Å². The molecule has 0 fully saturated rings. The van der Waals surface area contributed by atoms with Crippen molar-refractivity contribution >= 4 is 22.9 Å². The van der Waals surface area contributed by atoms with Gasteiger partial charge in [0.15, 0.2) is 0 Å². The Kier molecular flexibility index (Phi) is 4.37. The Balaban J connectivity index is 2.37. The van der Waals surface area contributed by atoms with Crippen LogP contribution in [0.4, 0.5) is 17.1 Å². The minimum atomic E-state index is -0.433. The first-order valence-electron chi connectivity index (χ1n) is 8.23. The Morgan fingerprint density at radius 2 is 1.79 bits per heavy atom. The number of hydrogen-bond donors (Lipinski definition) is 2. The zero-order chi connectivity index (χ0) is 18.3. The molecule has 0 aliphatic carbocycles. The number of nitro groups is 1. The first kappa shape index (κ1) is 18.2. The highest BCUT2D eigenvalue weighted by Gasteiger charge is 2.34. The van der Waals surface area contributed by atoms with Crippen LogP contribution in [0.25, 0.3) is 0 Å². The lowest BCUT2D eigenvalue weighted by molar-refractivity contribution is -0.384. The highest BCUT2D eigenvalue weighted by atomic mass is 16.6. The second-order valence-electron chi connectivity index (χ2n) is 8.87. The Bertz CT molecular complexity index is 685. The molecule has 1 aromatic carbocycles. The number of nitro benzene ring substituents is 1. The molecule has 0 saturated heterocycles. The molecule has 6 heteroatoms. The van der Waals surface area contributed by atoms with E-state index in [1.54, 1.807) is 12.1 Å². The summed E-state index contributed by atoms with van der Waals surface area (Å²) in [6.45, 7) is 14.9. The number of amidine groups is 1. The number of nitrogens with zero attached hydrogens (tertiary/aromatic N) is 2. The fourth-order valence-electron chi connectivity index (χ4n) is 3.35. The maximum atomic E-state index is 11.0. The average molecular weight is 332 g/mol. The van der Waals surface area contributed by atoms with Crippen LogP contribution in [0, 0.1) is 15.5 Å². The van der Waals surface area contributed by atoms with Crippen LogP contribution in [0.1, 0.15) is 54.9 Å². The molecule has 2 N–H and O–H groups in total. The van der Waals surface area contributed by atoms with Gasteiger partial charge in [-0.2, -0.15) is 0 Å². The lowest BCUT2D eigenvalue weighted by Crippen LogP contribution is -2.49. The maximum Gasteiger partial charge on any atom is 0.271 e. The lowest BCUT2D eigenvalue weighted by atomic mass is 9.82. The number of hydrogen-bond acceptors (Lipinski definition) is 4. The van der Waals surface area contributed by atoms with Crippen LogP contribution in [0.2, 0.25) is 0 Å². The molecule has 1 aliphatic rings. The summed E-state index contributed by atoms with van der Waals surface area (Å²) >= 11 is 0. The molecule has 0 saturated carbocycles. The smallest absolute Gasteiger partial charge is 0.271 e. The van der Waals surface area contributed by atoms with Crippen molar-refractivity contribution in [3.8, 4) is 0 Å². The van der Waals surface area contributed by atoms with Gasteiger partial charge in [-0.3, -0.25) is 15.1 Å². The topological polar surface area (TPSA) is 79.6 Å². The van der Waals surface area contributed by atoms with Gasteiger partial charge in [0, 0.05) is 12.1 Å². The fraction of sp³-hybridized carbons (Fsp3) is 0.611. The predicted octanol–water partition coefficient (Wildman–Crippen LogP) is 4.82. The van der Waals surface area contributed by atoms with Crippen molar-refractivity contribution in [1.29, 1.82) is 0 Å². The summed E-state index contributed by atoms with van der Waals surface area (Å²) in [5, 5.41) is 17.7. The van der Waals surface area contributed by atoms with E-state index in [-0.39, 0.29) is 21.6 Å². The zero-order valence-electron chi connectivity index (χ0n) is 15.7. The van der Waals surface area contributed by atoms with Gasteiger partial charge in [0.25, 0.3) is 5.69 Å². The summed E-state index contributed by atoms with van der Waals surface area (Å²) < 4.78 is 0. The second-order valence-corrected chi connectivity index (χ2v) is 8.87. The zero-order valence-corrected chi connectivity index (χ0v) is 15.7. The van der Waals surface area contributed by atoms with E-state index in [2.05, 4.69) is 45.3 Å². The van der Waals surface area contributed by atoms with E-state index in [1.807, 2.05) is 13.8 Å². The molecule has 1 heterocycles. The molecule has 0 aromatic heterocycles. The first-order valence-corrected chi connectivity index (χ1v) is 8.23. The molecule has 132 valence electrons. The third kappa shape index (κ3) is 4.24. The van der Waals surface area contributed by atoms with Gasteiger partial charge in [0.05, 0.1) is 27.4 Å². The molecule has 24 heavy (non-hydrogen) atoms. The van der Waals surface area contributed by atoms with Crippen molar-refractivity contribution in [1.82, 2.24) is 0 Å². The second kappa shape index (κ2) is 5.76. The quantitative estimate of drug-likeness (QED) is 0.614. The number of nitrogens with one attached hydrogen (secondary N) is 2. The van der Waals surface area contributed by atoms with Crippen LogP contribution in [0.3, 0.4) is 0 Å². The summed E-state index contributed by atoms with van der Waals surface area (Å²) in [4.78, 5) is 15.6. The van der Waals surface area contributed by atoms with E-state index in [1.165, 1.54) is 6.07 Å². The third-order valence-corrected chi connectivity index (χ3v) is 3.88. The molecule has 0 atom stereocenters. The molecular weight excluding hydrogens is 304 g/mol. The van der Waals surface area contributed by atoms with Gasteiger partial charge in [-0.1, -0.05) is 20.8 Å². The van der Waals surface area contributed by atoms with Gasteiger partial charge in [-0.05, 0) is 45.6 Å². The number of non-ortho nitro benzene ring substituents is 1. The van der Waals surface area contributed by atoms with E-state index >= 15 is 0 Å². The molecule has 0 amide bonds. The SMILES string of the molecule is CC(C)(C)CC(C)(C)N=C1Nc2ccc([N+](=O)[O-])cc2NC1(C)C. The van der Waals surface area contributed by atoms with Crippen molar-refractivity contribution in [2.24, 2.45) is 10.4 Å². The molecule has 0 bridgehead atoms. The Hall–Kier alpha value is -2.11. The largest absolute Gasteiger partial charge is 0.371 e. The standard InChI is InChI=1S/C18H28N4O2/c1-16(2,3)11-17(4,5)21-15-18(6,7)20-14-10-12(22(23)24)8-9-13(14)19-15/h8-10,20H,11H2,1-7H3,(H,19,21).